The van der Waals surface area contributed by atoms with Crippen molar-refractivity contribution in [2.45, 2.75) is 6.92 Å². The Kier molecular flexibility index (Phi) is 5.18. The topological polar surface area (TPSA) is 72.7 Å². The number of hydrogen-bond donors (Lipinski definition) is 1. The highest BCUT2D eigenvalue weighted by Crippen LogP contribution is 2.22. The SMILES string of the molecule is C/C=C(/NC(=O)c1cncc2c1cnn2-c1ccc(F)cc1)c1ccnc(Br)c1. The van der Waals surface area contributed by atoms with Gasteiger partial charge in [-0.25, -0.2) is 14.1 Å². The molecule has 0 unspecified atom stereocenters. The lowest BCUT2D eigenvalue weighted by Crippen LogP contribution is -2.22. The lowest BCUT2D eigenvalue weighted by Gasteiger charge is -2.11. The molecule has 1 amide bonds. The number of amides is 1. The van der Waals surface area contributed by atoms with Crippen LogP contribution in [0, 0.1) is 5.82 Å². The predicted octanol–water partition coefficient (Wildman–Crippen LogP) is 4.51. The fourth-order valence-electron chi connectivity index (χ4n) is 2.98. The van der Waals surface area contributed by atoms with Gasteiger partial charge >= 0.3 is 0 Å². The normalized spacial score (nSPS) is 11.6. The molecule has 0 spiro atoms. The quantitative estimate of drug-likeness (QED) is 0.463. The third-order valence-corrected chi connectivity index (χ3v) is 4.82. The van der Waals surface area contributed by atoms with E-state index < -0.39 is 0 Å². The number of aromatic nitrogens is 4. The summed E-state index contributed by atoms with van der Waals surface area (Å²) < 4.78 is 15.5. The van der Waals surface area contributed by atoms with Gasteiger partial charge in [-0.05, 0) is 59.3 Å². The first-order valence-corrected chi connectivity index (χ1v) is 9.53. The number of fused-ring (bicyclic) bond motifs is 1. The van der Waals surface area contributed by atoms with Crippen molar-refractivity contribution < 1.29 is 9.18 Å². The number of carbonyl (C=O) groups is 1. The number of halogens is 2. The van der Waals surface area contributed by atoms with E-state index in [1.165, 1.54) is 18.3 Å². The lowest BCUT2D eigenvalue weighted by atomic mass is 10.1. The highest BCUT2D eigenvalue weighted by molar-refractivity contribution is 9.10. The van der Waals surface area contributed by atoms with E-state index in [2.05, 4.69) is 36.3 Å². The number of benzene rings is 1. The summed E-state index contributed by atoms with van der Waals surface area (Å²) in [6.07, 6.45) is 8.20. The molecule has 29 heavy (non-hydrogen) atoms. The molecule has 0 radical (unpaired) electrons. The van der Waals surface area contributed by atoms with Crippen LogP contribution >= 0.6 is 15.9 Å². The number of nitrogens with one attached hydrogen (secondary N) is 1. The first kappa shape index (κ1) is 18.9. The Morgan fingerprint density at radius 2 is 1.97 bits per heavy atom. The van der Waals surface area contributed by atoms with E-state index in [4.69, 9.17) is 0 Å². The maximum Gasteiger partial charge on any atom is 0.257 e. The van der Waals surface area contributed by atoms with Gasteiger partial charge in [0.05, 0.1) is 29.2 Å². The molecular weight excluding hydrogens is 437 g/mol. The zero-order chi connectivity index (χ0) is 20.4. The second kappa shape index (κ2) is 7.92. The van der Waals surface area contributed by atoms with Crippen LogP contribution in [0.3, 0.4) is 0 Å². The summed E-state index contributed by atoms with van der Waals surface area (Å²) in [5, 5.41) is 7.92. The monoisotopic (exact) mass is 451 g/mol. The van der Waals surface area contributed by atoms with E-state index in [0.717, 1.165) is 5.56 Å². The molecule has 1 aromatic carbocycles. The number of pyridine rings is 2. The van der Waals surface area contributed by atoms with E-state index in [0.29, 0.717) is 32.5 Å². The largest absolute Gasteiger partial charge is 0.322 e. The van der Waals surface area contributed by atoms with Crippen LogP contribution in [0.5, 0.6) is 0 Å². The summed E-state index contributed by atoms with van der Waals surface area (Å²) in [7, 11) is 0. The minimum atomic E-state index is -0.329. The molecule has 0 saturated heterocycles. The maximum absolute atomic E-state index is 13.2. The average Bonchev–Trinajstić information content (AvgIpc) is 3.16. The van der Waals surface area contributed by atoms with Gasteiger partial charge in [0, 0.05) is 29.0 Å². The van der Waals surface area contributed by atoms with E-state index in [1.807, 2.05) is 25.1 Å². The Bertz CT molecular complexity index is 1230. The highest BCUT2D eigenvalue weighted by Gasteiger charge is 2.16. The van der Waals surface area contributed by atoms with Crippen LogP contribution in [0.1, 0.15) is 22.8 Å². The average molecular weight is 452 g/mol. The second-order valence-corrected chi connectivity index (χ2v) is 6.99. The van der Waals surface area contributed by atoms with Gasteiger partial charge in [0.25, 0.3) is 5.91 Å². The van der Waals surface area contributed by atoms with Crippen molar-refractivity contribution >= 4 is 38.4 Å². The summed E-state index contributed by atoms with van der Waals surface area (Å²) in [6, 6.07) is 9.59. The molecule has 3 heterocycles. The van der Waals surface area contributed by atoms with Crippen LogP contribution < -0.4 is 5.32 Å². The molecule has 0 aliphatic rings. The minimum absolute atomic E-state index is 0.303. The molecule has 0 saturated carbocycles. The Hall–Kier alpha value is -3.39. The van der Waals surface area contributed by atoms with Crippen molar-refractivity contribution in [1.29, 1.82) is 0 Å². The van der Waals surface area contributed by atoms with Gasteiger partial charge in [-0.15, -0.1) is 0 Å². The molecule has 4 aromatic rings. The van der Waals surface area contributed by atoms with Gasteiger partial charge in [0.1, 0.15) is 10.4 Å². The summed E-state index contributed by atoms with van der Waals surface area (Å²) in [6.45, 7) is 1.84. The molecule has 0 aliphatic carbocycles. The second-order valence-electron chi connectivity index (χ2n) is 6.18. The number of allylic oxidation sites excluding steroid dienone is 1. The molecule has 4 rings (SSSR count). The van der Waals surface area contributed by atoms with Crippen LogP contribution in [0.15, 0.2) is 71.9 Å². The van der Waals surface area contributed by atoms with Gasteiger partial charge in [0.15, 0.2) is 0 Å². The summed E-state index contributed by atoms with van der Waals surface area (Å²) >= 11 is 3.34. The Labute approximate surface area is 174 Å². The first-order valence-electron chi connectivity index (χ1n) is 8.74. The molecule has 0 bridgehead atoms. The number of hydrogen-bond acceptors (Lipinski definition) is 4. The van der Waals surface area contributed by atoms with Crippen molar-refractivity contribution in [2.75, 3.05) is 0 Å². The van der Waals surface area contributed by atoms with Gasteiger partial charge in [0.2, 0.25) is 0 Å². The van der Waals surface area contributed by atoms with Crippen molar-refractivity contribution in [3.63, 3.8) is 0 Å². The number of nitrogens with zero attached hydrogens (tertiary/aromatic N) is 4. The van der Waals surface area contributed by atoms with Crippen molar-refractivity contribution in [1.82, 2.24) is 25.1 Å². The summed E-state index contributed by atoms with van der Waals surface area (Å²) in [5.41, 5.74) is 3.20. The van der Waals surface area contributed by atoms with Gasteiger partial charge in [-0.3, -0.25) is 9.78 Å². The standard InChI is InChI=1S/C21H15BrFN5O/c1-2-18(13-7-8-25-20(22)9-13)27-21(29)17-10-24-12-19-16(17)11-26-28(19)15-5-3-14(23)4-6-15/h2-12H,1H3,(H,27,29)/b18-2+. The van der Waals surface area contributed by atoms with E-state index >= 15 is 0 Å². The molecule has 1 N–H and O–H groups in total. The van der Waals surface area contributed by atoms with Crippen molar-refractivity contribution in [3.05, 3.63) is 88.8 Å². The van der Waals surface area contributed by atoms with E-state index in [1.54, 1.807) is 35.4 Å². The predicted molar refractivity (Wildman–Crippen MR) is 112 cm³/mol. The zero-order valence-corrected chi connectivity index (χ0v) is 16.9. The molecule has 6 nitrogen and oxygen atoms in total. The van der Waals surface area contributed by atoms with Crippen LogP contribution in [0.25, 0.3) is 22.3 Å². The number of rotatable bonds is 4. The summed E-state index contributed by atoms with van der Waals surface area (Å²) in [5.74, 6) is -0.632. The fraction of sp³-hybridized carbons (Fsp3) is 0.0476. The molecule has 3 aromatic heterocycles. The van der Waals surface area contributed by atoms with E-state index in [9.17, 15) is 9.18 Å². The molecule has 0 atom stereocenters. The Balaban J connectivity index is 1.69. The molecule has 8 heteroatoms. The van der Waals surface area contributed by atoms with E-state index in [-0.39, 0.29) is 11.7 Å². The Morgan fingerprint density at radius 1 is 1.17 bits per heavy atom. The molecule has 144 valence electrons. The van der Waals surface area contributed by atoms with Crippen LogP contribution in [-0.2, 0) is 0 Å². The zero-order valence-electron chi connectivity index (χ0n) is 15.3. The van der Waals surface area contributed by atoms with Crippen LogP contribution in [-0.4, -0.2) is 25.7 Å². The smallest absolute Gasteiger partial charge is 0.257 e. The van der Waals surface area contributed by atoms with Crippen molar-refractivity contribution in [2.24, 2.45) is 0 Å². The highest BCUT2D eigenvalue weighted by atomic mass is 79.9. The lowest BCUT2D eigenvalue weighted by molar-refractivity contribution is 0.0975. The van der Waals surface area contributed by atoms with Gasteiger partial charge in [-0.1, -0.05) is 6.08 Å². The van der Waals surface area contributed by atoms with Crippen molar-refractivity contribution in [3.8, 4) is 5.69 Å². The number of carbonyl (C=O) groups excluding carboxylic acids is 1. The minimum Gasteiger partial charge on any atom is -0.322 e. The molecule has 0 fully saturated rings. The van der Waals surface area contributed by atoms with Crippen LogP contribution in [0.2, 0.25) is 0 Å². The first-order chi connectivity index (χ1) is 14.1. The van der Waals surface area contributed by atoms with Crippen LogP contribution in [0.4, 0.5) is 4.39 Å². The molecule has 0 aliphatic heterocycles. The summed E-state index contributed by atoms with van der Waals surface area (Å²) in [4.78, 5) is 21.3. The maximum atomic E-state index is 13.2. The Morgan fingerprint density at radius 3 is 2.69 bits per heavy atom. The van der Waals surface area contributed by atoms with Gasteiger partial charge < -0.3 is 5.32 Å². The molecular formula is C21H15BrFN5O. The third kappa shape index (κ3) is 3.79. The van der Waals surface area contributed by atoms with Gasteiger partial charge in [-0.2, -0.15) is 5.10 Å². The third-order valence-electron chi connectivity index (χ3n) is 4.39. The fourth-order valence-corrected chi connectivity index (χ4v) is 3.35.